The monoisotopic (exact) mass is 172 g/mol. The van der Waals surface area contributed by atoms with E-state index in [0.29, 0.717) is 6.54 Å². The van der Waals surface area contributed by atoms with E-state index in [0.717, 1.165) is 6.54 Å². The Morgan fingerprint density at radius 1 is 1.82 bits per heavy atom. The van der Waals surface area contributed by atoms with Gasteiger partial charge in [-0.2, -0.15) is 0 Å². The molecule has 60 valence electrons. The van der Waals surface area contributed by atoms with Gasteiger partial charge in [-0.05, 0) is 11.9 Å². The summed E-state index contributed by atoms with van der Waals surface area (Å²) in [6, 6.07) is 0. The lowest BCUT2D eigenvalue weighted by Gasteiger charge is -2.43. The maximum atomic E-state index is 10.4. The van der Waals surface area contributed by atoms with Crippen LogP contribution < -0.4 is 5.32 Å². The Labute approximate surface area is 68.4 Å². The topological polar surface area (TPSA) is 52.6 Å². The zero-order valence-corrected chi connectivity index (χ0v) is 6.60. The molecule has 0 radical (unpaired) electrons. The Kier molecular flexibility index (Phi) is 1.37. The summed E-state index contributed by atoms with van der Waals surface area (Å²) in [6.45, 7) is 1.41. The minimum absolute atomic E-state index is 0.0988. The van der Waals surface area contributed by atoms with Gasteiger partial charge in [-0.15, -0.1) is 0 Å². The van der Waals surface area contributed by atoms with Crippen LogP contribution in [-0.2, 0) is 0 Å². The molecule has 2 N–H and O–H groups in total. The number of carboxylic acid groups (broad SMARTS) is 1. The lowest BCUT2D eigenvalue weighted by Crippen LogP contribution is -2.57. The van der Waals surface area contributed by atoms with Gasteiger partial charge >= 0.3 is 6.09 Å². The standard InChI is InChI=1S/C6H8N2O2S/c9-5(10)8-4-6(11-8)2-1-3-7-6/h1-2,7H,3-4H2,(H,9,10). The van der Waals surface area contributed by atoms with Gasteiger partial charge in [0.2, 0.25) is 0 Å². The summed E-state index contributed by atoms with van der Waals surface area (Å²) < 4.78 is 1.32. The molecule has 1 saturated heterocycles. The summed E-state index contributed by atoms with van der Waals surface area (Å²) in [7, 11) is 0. The van der Waals surface area contributed by atoms with Gasteiger partial charge in [0.15, 0.2) is 0 Å². The summed E-state index contributed by atoms with van der Waals surface area (Å²) in [5.41, 5.74) is 0. The van der Waals surface area contributed by atoms with Gasteiger partial charge in [-0.25, -0.2) is 9.10 Å². The van der Waals surface area contributed by atoms with E-state index in [1.165, 1.54) is 16.3 Å². The van der Waals surface area contributed by atoms with Gasteiger partial charge in [0.25, 0.3) is 0 Å². The van der Waals surface area contributed by atoms with Crippen molar-refractivity contribution in [2.24, 2.45) is 0 Å². The first-order valence-electron chi connectivity index (χ1n) is 3.34. The maximum absolute atomic E-state index is 10.4. The highest BCUT2D eigenvalue weighted by Crippen LogP contribution is 2.41. The van der Waals surface area contributed by atoms with E-state index >= 15 is 0 Å². The second kappa shape index (κ2) is 2.15. The van der Waals surface area contributed by atoms with Crippen LogP contribution in [0.15, 0.2) is 12.2 Å². The predicted molar refractivity (Wildman–Crippen MR) is 42.2 cm³/mol. The lowest BCUT2D eigenvalue weighted by molar-refractivity contribution is 0.166. The van der Waals surface area contributed by atoms with Crippen LogP contribution in [-0.4, -0.2) is 33.5 Å². The highest BCUT2D eigenvalue weighted by Gasteiger charge is 2.46. The average molecular weight is 172 g/mol. The van der Waals surface area contributed by atoms with Crippen LogP contribution in [0.4, 0.5) is 4.79 Å². The third-order valence-electron chi connectivity index (χ3n) is 1.77. The minimum Gasteiger partial charge on any atom is -0.464 e. The smallest absolute Gasteiger partial charge is 0.417 e. The Hall–Kier alpha value is -0.680. The van der Waals surface area contributed by atoms with Crippen LogP contribution in [0.3, 0.4) is 0 Å². The van der Waals surface area contributed by atoms with Crippen molar-refractivity contribution in [2.45, 2.75) is 4.87 Å². The van der Waals surface area contributed by atoms with Crippen molar-refractivity contribution >= 4 is 18.0 Å². The molecule has 4 nitrogen and oxygen atoms in total. The average Bonchev–Trinajstić information content (AvgIpc) is 2.29. The molecule has 1 spiro atoms. The Morgan fingerprint density at radius 3 is 3.00 bits per heavy atom. The summed E-state index contributed by atoms with van der Waals surface area (Å²) in [5, 5.41) is 11.7. The molecule has 0 aliphatic carbocycles. The number of amides is 1. The first-order valence-corrected chi connectivity index (χ1v) is 4.12. The Morgan fingerprint density at radius 2 is 2.55 bits per heavy atom. The van der Waals surface area contributed by atoms with E-state index in [1.807, 2.05) is 12.2 Å². The molecule has 0 aromatic carbocycles. The van der Waals surface area contributed by atoms with Gasteiger partial charge in [0, 0.05) is 6.54 Å². The normalized spacial score (nSPS) is 34.4. The van der Waals surface area contributed by atoms with E-state index in [1.54, 1.807) is 0 Å². The first-order chi connectivity index (χ1) is 5.22. The predicted octanol–water partition coefficient (Wildman–Crippen LogP) is 0.484. The SMILES string of the molecule is O=C(O)N1CC2(C=CCN2)S1. The number of nitrogens with zero attached hydrogens (tertiary/aromatic N) is 1. The highest BCUT2D eigenvalue weighted by molar-refractivity contribution is 8.00. The minimum atomic E-state index is -0.859. The van der Waals surface area contributed by atoms with E-state index in [2.05, 4.69) is 5.32 Å². The van der Waals surface area contributed by atoms with Crippen LogP contribution in [0.2, 0.25) is 0 Å². The summed E-state index contributed by atoms with van der Waals surface area (Å²) in [4.78, 5) is 10.3. The van der Waals surface area contributed by atoms with E-state index in [4.69, 9.17) is 5.11 Å². The van der Waals surface area contributed by atoms with Crippen molar-refractivity contribution in [3.05, 3.63) is 12.2 Å². The largest absolute Gasteiger partial charge is 0.464 e. The molecular formula is C6H8N2O2S. The number of hydrogen-bond acceptors (Lipinski definition) is 3. The van der Waals surface area contributed by atoms with E-state index in [9.17, 15) is 4.79 Å². The van der Waals surface area contributed by atoms with Crippen molar-refractivity contribution in [2.75, 3.05) is 13.1 Å². The zero-order chi connectivity index (χ0) is 7.90. The molecule has 2 heterocycles. The molecule has 2 rings (SSSR count). The van der Waals surface area contributed by atoms with Gasteiger partial charge < -0.3 is 5.11 Å². The molecule has 0 bridgehead atoms. The maximum Gasteiger partial charge on any atom is 0.417 e. The lowest BCUT2D eigenvalue weighted by atomic mass is 10.3. The highest BCUT2D eigenvalue weighted by atomic mass is 32.2. The molecule has 0 saturated carbocycles. The van der Waals surface area contributed by atoms with Crippen LogP contribution >= 0.6 is 11.9 Å². The quantitative estimate of drug-likeness (QED) is 0.412. The third kappa shape index (κ3) is 1.00. The van der Waals surface area contributed by atoms with Crippen molar-refractivity contribution in [3.63, 3.8) is 0 Å². The van der Waals surface area contributed by atoms with Crippen LogP contribution in [0.5, 0.6) is 0 Å². The van der Waals surface area contributed by atoms with Gasteiger partial charge in [-0.1, -0.05) is 12.2 Å². The molecule has 11 heavy (non-hydrogen) atoms. The van der Waals surface area contributed by atoms with Crippen LogP contribution in [0.1, 0.15) is 0 Å². The van der Waals surface area contributed by atoms with Crippen molar-refractivity contribution in [1.82, 2.24) is 9.62 Å². The van der Waals surface area contributed by atoms with Crippen LogP contribution in [0, 0.1) is 0 Å². The molecule has 1 atom stereocenters. The van der Waals surface area contributed by atoms with Crippen molar-refractivity contribution in [1.29, 1.82) is 0 Å². The molecule has 2 aliphatic heterocycles. The third-order valence-corrected chi connectivity index (χ3v) is 3.01. The fourth-order valence-electron chi connectivity index (χ4n) is 1.22. The Balaban J connectivity index is 1.96. The number of carbonyl (C=O) groups is 1. The molecule has 2 aliphatic rings. The summed E-state index contributed by atoms with van der Waals surface area (Å²) in [6.07, 6.45) is 3.19. The molecule has 1 amide bonds. The fraction of sp³-hybridized carbons (Fsp3) is 0.500. The van der Waals surface area contributed by atoms with Gasteiger partial charge in [0.1, 0.15) is 4.87 Å². The number of nitrogens with one attached hydrogen (secondary N) is 1. The van der Waals surface area contributed by atoms with E-state index < -0.39 is 6.09 Å². The molecular weight excluding hydrogens is 164 g/mol. The molecule has 1 unspecified atom stereocenters. The van der Waals surface area contributed by atoms with Gasteiger partial charge in [0.05, 0.1) is 6.54 Å². The molecule has 0 aromatic heterocycles. The fourth-order valence-corrected chi connectivity index (χ4v) is 2.24. The number of hydrogen-bond donors (Lipinski definition) is 2. The van der Waals surface area contributed by atoms with E-state index in [-0.39, 0.29) is 4.87 Å². The molecule has 1 fully saturated rings. The summed E-state index contributed by atoms with van der Waals surface area (Å²) >= 11 is 1.33. The zero-order valence-electron chi connectivity index (χ0n) is 5.78. The van der Waals surface area contributed by atoms with Crippen molar-refractivity contribution in [3.8, 4) is 0 Å². The van der Waals surface area contributed by atoms with Crippen molar-refractivity contribution < 1.29 is 9.90 Å². The second-order valence-corrected chi connectivity index (χ2v) is 3.94. The molecule has 0 aromatic rings. The molecule has 5 heteroatoms. The van der Waals surface area contributed by atoms with Crippen LogP contribution in [0.25, 0.3) is 0 Å². The first kappa shape index (κ1) is 7.00. The Bertz CT molecular complexity index is 223. The summed E-state index contributed by atoms with van der Waals surface area (Å²) in [5.74, 6) is 0. The second-order valence-electron chi connectivity index (χ2n) is 2.58. The number of rotatable bonds is 0. The van der Waals surface area contributed by atoms with Gasteiger partial charge in [-0.3, -0.25) is 5.32 Å².